The number of nitro groups is 1. The van der Waals surface area contributed by atoms with E-state index < -0.39 is 4.92 Å². The van der Waals surface area contributed by atoms with Gasteiger partial charge >= 0.3 is 0 Å². The molecule has 0 saturated carbocycles. The molecule has 0 spiro atoms. The number of rotatable bonds is 3. The molecule has 0 heterocycles. The summed E-state index contributed by atoms with van der Waals surface area (Å²) in [5, 5.41) is 10.5. The Bertz CT molecular complexity index is 347. The fraction of sp³-hybridized carbons (Fsp3) is 0.222. The molecule has 4 heteroatoms. The first-order valence-electron chi connectivity index (χ1n) is 3.91. The van der Waals surface area contributed by atoms with E-state index >= 15 is 0 Å². The quantitative estimate of drug-likeness (QED) is 0.405. The van der Waals surface area contributed by atoms with Crippen molar-refractivity contribution in [2.45, 2.75) is 13.3 Å². The molecular weight excluding hydrogens is 170 g/mol. The number of aldehydes is 1. The van der Waals surface area contributed by atoms with Gasteiger partial charge in [0.25, 0.3) is 5.69 Å². The second kappa shape index (κ2) is 3.80. The van der Waals surface area contributed by atoms with Gasteiger partial charge in [0, 0.05) is 17.2 Å². The zero-order valence-corrected chi connectivity index (χ0v) is 7.19. The van der Waals surface area contributed by atoms with Crippen LogP contribution in [0.2, 0.25) is 0 Å². The van der Waals surface area contributed by atoms with Crippen molar-refractivity contribution in [2.75, 3.05) is 0 Å². The Labute approximate surface area is 75.3 Å². The Morgan fingerprint density at radius 2 is 2.23 bits per heavy atom. The smallest absolute Gasteiger partial charge is 0.273 e. The molecule has 0 saturated heterocycles. The molecule has 0 fully saturated rings. The summed E-state index contributed by atoms with van der Waals surface area (Å²) in [5.74, 6) is 0. The molecule has 0 N–H and O–H groups in total. The minimum absolute atomic E-state index is 0.0205. The fourth-order valence-electron chi connectivity index (χ4n) is 1.12. The van der Waals surface area contributed by atoms with Gasteiger partial charge in [-0.05, 0) is 6.42 Å². The lowest BCUT2D eigenvalue weighted by molar-refractivity contribution is -0.385. The van der Waals surface area contributed by atoms with Gasteiger partial charge in [-0.2, -0.15) is 0 Å². The predicted octanol–water partition coefficient (Wildman–Crippen LogP) is 1.97. The standard InChI is InChI=1S/C9H9NO3/c1-2-8-4-3-7(6-11)5-9(8)10(12)13/h3-6H,2H2,1H3. The van der Waals surface area contributed by atoms with Gasteiger partial charge in [-0.1, -0.05) is 19.1 Å². The lowest BCUT2D eigenvalue weighted by atomic mass is 10.1. The maximum absolute atomic E-state index is 10.5. The minimum Gasteiger partial charge on any atom is -0.298 e. The maximum atomic E-state index is 10.5. The highest BCUT2D eigenvalue weighted by Gasteiger charge is 2.12. The largest absolute Gasteiger partial charge is 0.298 e. The van der Waals surface area contributed by atoms with Crippen LogP contribution in [0.15, 0.2) is 18.2 Å². The molecule has 1 aromatic carbocycles. The summed E-state index contributed by atoms with van der Waals surface area (Å²) in [6.07, 6.45) is 1.20. The second-order valence-corrected chi connectivity index (χ2v) is 2.62. The molecule has 13 heavy (non-hydrogen) atoms. The topological polar surface area (TPSA) is 60.2 Å². The van der Waals surface area contributed by atoms with E-state index in [0.717, 1.165) is 0 Å². The monoisotopic (exact) mass is 179 g/mol. The Morgan fingerprint density at radius 1 is 1.54 bits per heavy atom. The zero-order valence-electron chi connectivity index (χ0n) is 7.19. The van der Waals surface area contributed by atoms with Gasteiger partial charge in [0.05, 0.1) is 4.92 Å². The van der Waals surface area contributed by atoms with Crippen molar-refractivity contribution in [3.63, 3.8) is 0 Å². The van der Waals surface area contributed by atoms with Crippen LogP contribution in [0.5, 0.6) is 0 Å². The molecule has 0 aliphatic rings. The van der Waals surface area contributed by atoms with Crippen LogP contribution in [0.1, 0.15) is 22.8 Å². The molecule has 4 nitrogen and oxygen atoms in total. The van der Waals surface area contributed by atoms with Crippen molar-refractivity contribution in [1.29, 1.82) is 0 Å². The summed E-state index contributed by atoms with van der Waals surface area (Å²) >= 11 is 0. The van der Waals surface area contributed by atoms with Crippen LogP contribution in [-0.4, -0.2) is 11.2 Å². The van der Waals surface area contributed by atoms with E-state index in [9.17, 15) is 14.9 Å². The van der Waals surface area contributed by atoms with Crippen LogP contribution < -0.4 is 0 Å². The molecule has 1 aromatic rings. The van der Waals surface area contributed by atoms with E-state index in [4.69, 9.17) is 0 Å². The third-order valence-corrected chi connectivity index (χ3v) is 1.82. The molecule has 1 rings (SSSR count). The Kier molecular flexibility index (Phi) is 2.74. The summed E-state index contributed by atoms with van der Waals surface area (Å²) in [6.45, 7) is 1.84. The Balaban J connectivity index is 3.25. The lowest BCUT2D eigenvalue weighted by Gasteiger charge is -1.99. The molecule has 0 aromatic heterocycles. The van der Waals surface area contributed by atoms with Crippen LogP contribution in [0.25, 0.3) is 0 Å². The SMILES string of the molecule is CCc1ccc(C=O)cc1[N+](=O)[O-]. The summed E-state index contributed by atoms with van der Waals surface area (Å²) in [7, 11) is 0. The highest BCUT2D eigenvalue weighted by molar-refractivity contribution is 5.76. The number of nitro benzene ring substituents is 1. The molecule has 0 aliphatic carbocycles. The average Bonchev–Trinajstić information content (AvgIpc) is 2.16. The molecule has 0 unspecified atom stereocenters. The van der Waals surface area contributed by atoms with Crippen LogP contribution in [0.3, 0.4) is 0 Å². The minimum atomic E-state index is -0.466. The van der Waals surface area contributed by atoms with Gasteiger partial charge in [0.2, 0.25) is 0 Å². The lowest BCUT2D eigenvalue weighted by Crippen LogP contribution is -1.95. The number of benzene rings is 1. The van der Waals surface area contributed by atoms with E-state index in [1.54, 1.807) is 12.1 Å². The van der Waals surface area contributed by atoms with Crippen molar-refractivity contribution in [3.8, 4) is 0 Å². The predicted molar refractivity (Wildman–Crippen MR) is 47.9 cm³/mol. The van der Waals surface area contributed by atoms with Crippen molar-refractivity contribution < 1.29 is 9.72 Å². The third kappa shape index (κ3) is 1.90. The molecule has 0 atom stereocenters. The number of nitrogens with zero attached hydrogens (tertiary/aromatic N) is 1. The van der Waals surface area contributed by atoms with Gasteiger partial charge in [-0.3, -0.25) is 14.9 Å². The molecule has 68 valence electrons. The van der Waals surface area contributed by atoms with Gasteiger partial charge in [0.15, 0.2) is 0 Å². The van der Waals surface area contributed by atoms with Crippen molar-refractivity contribution in [1.82, 2.24) is 0 Å². The number of hydrogen-bond acceptors (Lipinski definition) is 3. The number of hydrogen-bond donors (Lipinski definition) is 0. The first kappa shape index (κ1) is 9.38. The number of aryl methyl sites for hydroxylation is 1. The molecule has 0 aliphatic heterocycles. The highest BCUT2D eigenvalue weighted by Crippen LogP contribution is 2.19. The Hall–Kier alpha value is -1.71. The van der Waals surface area contributed by atoms with Crippen LogP contribution in [0.4, 0.5) is 5.69 Å². The molecule has 0 radical (unpaired) electrons. The van der Waals surface area contributed by atoms with Gasteiger partial charge in [0.1, 0.15) is 6.29 Å². The number of carbonyl (C=O) groups is 1. The molecule has 0 bridgehead atoms. The van der Waals surface area contributed by atoms with Gasteiger partial charge < -0.3 is 0 Å². The first-order valence-corrected chi connectivity index (χ1v) is 3.91. The summed E-state index contributed by atoms with van der Waals surface area (Å²) in [5.41, 5.74) is 1.01. The highest BCUT2D eigenvalue weighted by atomic mass is 16.6. The maximum Gasteiger partial charge on any atom is 0.273 e. The van der Waals surface area contributed by atoms with Crippen molar-refractivity contribution >= 4 is 12.0 Å². The fourth-order valence-corrected chi connectivity index (χ4v) is 1.12. The molecule has 0 amide bonds. The van der Waals surface area contributed by atoms with Crippen LogP contribution in [-0.2, 0) is 6.42 Å². The van der Waals surface area contributed by atoms with Crippen LogP contribution >= 0.6 is 0 Å². The summed E-state index contributed by atoms with van der Waals surface area (Å²) in [6, 6.07) is 4.49. The summed E-state index contributed by atoms with van der Waals surface area (Å²) in [4.78, 5) is 20.4. The van der Waals surface area contributed by atoms with E-state index in [1.807, 2.05) is 6.92 Å². The molecular formula is C9H9NO3. The van der Waals surface area contributed by atoms with E-state index in [0.29, 0.717) is 23.8 Å². The average molecular weight is 179 g/mol. The summed E-state index contributed by atoms with van der Waals surface area (Å²) < 4.78 is 0. The van der Waals surface area contributed by atoms with Gasteiger partial charge in [-0.25, -0.2) is 0 Å². The van der Waals surface area contributed by atoms with E-state index in [-0.39, 0.29) is 5.69 Å². The second-order valence-electron chi connectivity index (χ2n) is 2.62. The van der Waals surface area contributed by atoms with Gasteiger partial charge in [-0.15, -0.1) is 0 Å². The number of carbonyl (C=O) groups excluding carboxylic acids is 1. The van der Waals surface area contributed by atoms with E-state index in [2.05, 4.69) is 0 Å². The zero-order chi connectivity index (χ0) is 9.84. The van der Waals surface area contributed by atoms with Crippen molar-refractivity contribution in [2.24, 2.45) is 0 Å². The Morgan fingerprint density at radius 3 is 2.69 bits per heavy atom. The third-order valence-electron chi connectivity index (χ3n) is 1.82. The normalized spacial score (nSPS) is 9.62. The van der Waals surface area contributed by atoms with Crippen LogP contribution in [0, 0.1) is 10.1 Å². The van der Waals surface area contributed by atoms with Crippen molar-refractivity contribution in [3.05, 3.63) is 39.4 Å². The van der Waals surface area contributed by atoms with E-state index in [1.165, 1.54) is 6.07 Å². The first-order chi connectivity index (χ1) is 6.19.